The van der Waals surface area contributed by atoms with Crippen LogP contribution in [0.15, 0.2) is 30.6 Å². The first-order valence-corrected chi connectivity index (χ1v) is 5.74. The first-order valence-electron chi connectivity index (χ1n) is 5.74. The number of ether oxygens (including phenoxy) is 2. The number of rotatable bonds is 2. The Bertz CT molecular complexity index is 634. The molecule has 0 bridgehead atoms. The average molecular weight is 254 g/mol. The number of fused-ring (bicyclic) bond motifs is 1. The van der Waals surface area contributed by atoms with Crippen LogP contribution >= 0.6 is 0 Å². The van der Waals surface area contributed by atoms with Gasteiger partial charge in [0, 0.05) is 11.8 Å². The Morgan fingerprint density at radius 3 is 2.68 bits per heavy atom. The van der Waals surface area contributed by atoms with E-state index in [1.165, 1.54) is 12.4 Å². The monoisotopic (exact) mass is 254 g/mol. The van der Waals surface area contributed by atoms with E-state index in [0.29, 0.717) is 24.8 Å². The largest absolute Gasteiger partial charge is 0.486 e. The average Bonchev–Trinajstić information content (AvgIpc) is 2.48. The summed E-state index contributed by atoms with van der Waals surface area (Å²) in [4.78, 5) is 8.03. The third-order valence-electron chi connectivity index (χ3n) is 2.58. The molecule has 0 saturated carbocycles. The lowest BCUT2D eigenvalue weighted by Gasteiger charge is -2.19. The summed E-state index contributed by atoms with van der Waals surface area (Å²) < 4.78 is 10.9. The van der Waals surface area contributed by atoms with Crippen molar-refractivity contribution in [2.75, 3.05) is 18.5 Å². The van der Waals surface area contributed by atoms with Gasteiger partial charge in [0.05, 0.1) is 12.4 Å². The molecule has 0 atom stereocenters. The Kier molecular flexibility index (Phi) is 2.86. The van der Waals surface area contributed by atoms with Gasteiger partial charge in [-0.2, -0.15) is 5.26 Å². The standard InChI is InChI=1S/C13H10N4O2/c14-6-10-7-16-13(8-15-10)17-9-1-2-11-12(5-9)19-4-3-18-11/h1-2,5,7-8H,3-4H2,(H,16,17). The van der Waals surface area contributed by atoms with E-state index >= 15 is 0 Å². The molecule has 2 heterocycles. The van der Waals surface area contributed by atoms with Gasteiger partial charge in [-0.25, -0.2) is 9.97 Å². The predicted molar refractivity (Wildman–Crippen MR) is 67.5 cm³/mol. The Hall–Kier alpha value is -2.81. The van der Waals surface area contributed by atoms with E-state index in [2.05, 4.69) is 15.3 Å². The molecule has 1 aromatic carbocycles. The Morgan fingerprint density at radius 2 is 1.95 bits per heavy atom. The molecule has 2 aromatic rings. The highest BCUT2D eigenvalue weighted by atomic mass is 16.6. The zero-order valence-electron chi connectivity index (χ0n) is 9.96. The van der Waals surface area contributed by atoms with E-state index in [9.17, 15) is 0 Å². The minimum atomic E-state index is 0.285. The van der Waals surface area contributed by atoms with Gasteiger partial charge in [-0.15, -0.1) is 0 Å². The fourth-order valence-electron chi connectivity index (χ4n) is 1.72. The molecule has 1 aromatic heterocycles. The summed E-state index contributed by atoms with van der Waals surface area (Å²) in [6, 6.07) is 7.47. The molecule has 3 rings (SSSR count). The van der Waals surface area contributed by atoms with Crippen LogP contribution < -0.4 is 14.8 Å². The van der Waals surface area contributed by atoms with Crippen molar-refractivity contribution >= 4 is 11.5 Å². The lowest BCUT2D eigenvalue weighted by Crippen LogP contribution is -2.15. The number of nitrogens with zero attached hydrogens (tertiary/aromatic N) is 3. The minimum absolute atomic E-state index is 0.285. The van der Waals surface area contributed by atoms with Gasteiger partial charge < -0.3 is 14.8 Å². The van der Waals surface area contributed by atoms with Gasteiger partial charge in [-0.05, 0) is 12.1 Å². The summed E-state index contributed by atoms with van der Waals surface area (Å²) in [6.07, 6.45) is 2.93. The number of aromatic nitrogens is 2. The van der Waals surface area contributed by atoms with Crippen molar-refractivity contribution in [3.8, 4) is 17.6 Å². The number of hydrogen-bond donors (Lipinski definition) is 1. The lowest BCUT2D eigenvalue weighted by molar-refractivity contribution is 0.171. The predicted octanol–water partition coefficient (Wildman–Crippen LogP) is 1.86. The molecular weight excluding hydrogens is 244 g/mol. The number of benzene rings is 1. The Morgan fingerprint density at radius 1 is 1.11 bits per heavy atom. The molecule has 0 saturated heterocycles. The van der Waals surface area contributed by atoms with Crippen LogP contribution in [0.25, 0.3) is 0 Å². The zero-order valence-corrected chi connectivity index (χ0v) is 9.96. The van der Waals surface area contributed by atoms with Crippen LogP contribution in [0.3, 0.4) is 0 Å². The normalized spacial score (nSPS) is 12.6. The molecule has 6 heteroatoms. The summed E-state index contributed by atoms with van der Waals surface area (Å²) in [5.74, 6) is 2.01. The molecule has 1 N–H and O–H groups in total. The molecule has 6 nitrogen and oxygen atoms in total. The van der Waals surface area contributed by atoms with E-state index < -0.39 is 0 Å². The van der Waals surface area contributed by atoms with Gasteiger partial charge in [0.25, 0.3) is 0 Å². The summed E-state index contributed by atoms with van der Waals surface area (Å²) >= 11 is 0. The quantitative estimate of drug-likeness (QED) is 0.881. The van der Waals surface area contributed by atoms with Gasteiger partial charge in [-0.3, -0.25) is 0 Å². The van der Waals surface area contributed by atoms with Gasteiger partial charge in [-0.1, -0.05) is 0 Å². The van der Waals surface area contributed by atoms with Crippen molar-refractivity contribution in [1.82, 2.24) is 9.97 Å². The summed E-state index contributed by atoms with van der Waals surface area (Å²) in [5.41, 5.74) is 1.11. The molecular formula is C13H10N4O2. The molecule has 0 amide bonds. The second-order valence-electron chi connectivity index (χ2n) is 3.88. The number of nitrogens with one attached hydrogen (secondary N) is 1. The maximum atomic E-state index is 8.65. The fraction of sp³-hybridized carbons (Fsp3) is 0.154. The van der Waals surface area contributed by atoms with E-state index in [1.54, 1.807) is 0 Å². The van der Waals surface area contributed by atoms with E-state index in [1.807, 2.05) is 24.3 Å². The molecule has 0 aliphatic carbocycles. The fourth-order valence-corrected chi connectivity index (χ4v) is 1.72. The maximum absolute atomic E-state index is 8.65. The third kappa shape index (κ3) is 2.40. The van der Waals surface area contributed by atoms with Gasteiger partial charge in [0.15, 0.2) is 17.2 Å². The number of anilines is 2. The minimum Gasteiger partial charge on any atom is -0.486 e. The zero-order chi connectivity index (χ0) is 13.1. The van der Waals surface area contributed by atoms with Gasteiger partial charge >= 0.3 is 0 Å². The van der Waals surface area contributed by atoms with Crippen LogP contribution in [0.1, 0.15) is 5.69 Å². The topological polar surface area (TPSA) is 80.1 Å². The highest BCUT2D eigenvalue weighted by molar-refractivity contribution is 5.61. The lowest BCUT2D eigenvalue weighted by atomic mass is 10.2. The van der Waals surface area contributed by atoms with Crippen LogP contribution in [0.2, 0.25) is 0 Å². The van der Waals surface area contributed by atoms with Crippen molar-refractivity contribution in [1.29, 1.82) is 5.26 Å². The van der Waals surface area contributed by atoms with Crippen LogP contribution in [-0.4, -0.2) is 23.2 Å². The molecule has 19 heavy (non-hydrogen) atoms. The van der Waals surface area contributed by atoms with Crippen molar-refractivity contribution in [2.45, 2.75) is 0 Å². The van der Waals surface area contributed by atoms with Crippen LogP contribution in [0.4, 0.5) is 11.5 Å². The number of nitriles is 1. The molecule has 0 spiro atoms. The second-order valence-corrected chi connectivity index (χ2v) is 3.88. The highest BCUT2D eigenvalue weighted by Crippen LogP contribution is 2.33. The first-order chi connectivity index (χ1) is 9.35. The summed E-state index contributed by atoms with van der Waals surface area (Å²) in [5, 5.41) is 11.7. The third-order valence-corrected chi connectivity index (χ3v) is 2.58. The second kappa shape index (κ2) is 4.82. The van der Waals surface area contributed by atoms with Crippen molar-refractivity contribution in [3.63, 3.8) is 0 Å². The van der Waals surface area contributed by atoms with Crippen LogP contribution in [-0.2, 0) is 0 Å². The maximum Gasteiger partial charge on any atom is 0.163 e. The molecule has 0 unspecified atom stereocenters. The van der Waals surface area contributed by atoms with Crippen molar-refractivity contribution < 1.29 is 9.47 Å². The Balaban J connectivity index is 1.81. The molecule has 1 aliphatic rings. The van der Waals surface area contributed by atoms with Crippen molar-refractivity contribution in [2.24, 2.45) is 0 Å². The SMILES string of the molecule is N#Cc1cnc(Nc2ccc3c(c2)OCCO3)cn1. The summed E-state index contributed by atoms with van der Waals surface area (Å²) in [7, 11) is 0. The molecule has 0 radical (unpaired) electrons. The van der Waals surface area contributed by atoms with Crippen LogP contribution in [0.5, 0.6) is 11.5 Å². The number of hydrogen-bond acceptors (Lipinski definition) is 6. The van der Waals surface area contributed by atoms with E-state index in [4.69, 9.17) is 14.7 Å². The van der Waals surface area contributed by atoms with Gasteiger partial charge in [0.1, 0.15) is 25.1 Å². The van der Waals surface area contributed by atoms with Crippen molar-refractivity contribution in [3.05, 3.63) is 36.3 Å². The smallest absolute Gasteiger partial charge is 0.163 e. The van der Waals surface area contributed by atoms with Gasteiger partial charge in [0.2, 0.25) is 0 Å². The summed E-state index contributed by atoms with van der Waals surface area (Å²) in [6.45, 7) is 1.12. The highest BCUT2D eigenvalue weighted by Gasteiger charge is 2.11. The molecule has 94 valence electrons. The molecule has 0 fully saturated rings. The van der Waals surface area contributed by atoms with E-state index in [0.717, 1.165) is 11.4 Å². The molecule has 1 aliphatic heterocycles. The Labute approximate surface area is 109 Å². The van der Waals surface area contributed by atoms with Crippen LogP contribution in [0, 0.1) is 11.3 Å². The first kappa shape index (κ1) is 11.3. The van der Waals surface area contributed by atoms with E-state index in [-0.39, 0.29) is 5.69 Å².